The first-order valence-corrected chi connectivity index (χ1v) is 11.0. The van der Waals surface area contributed by atoms with Crippen LogP contribution >= 0.6 is 0 Å². The number of carbonyl (C=O) groups excluding carboxylic acids is 3. The Hall–Kier alpha value is -3.59. The molecule has 9 nitrogen and oxygen atoms in total. The lowest BCUT2D eigenvalue weighted by atomic mass is 10.0. The fraction of sp³-hybridized carbons (Fsp3) is 0.375. The maximum Gasteiger partial charge on any atom is 0.287 e. The van der Waals surface area contributed by atoms with Crippen LogP contribution in [0.5, 0.6) is 0 Å². The lowest BCUT2D eigenvalue weighted by Crippen LogP contribution is -2.48. The molecule has 2 aromatic heterocycles. The highest BCUT2D eigenvalue weighted by Crippen LogP contribution is 2.27. The smallest absolute Gasteiger partial charge is 0.287 e. The number of rotatable bonds is 6. The molecule has 33 heavy (non-hydrogen) atoms. The van der Waals surface area contributed by atoms with Crippen molar-refractivity contribution in [3.63, 3.8) is 0 Å². The van der Waals surface area contributed by atoms with Gasteiger partial charge in [-0.3, -0.25) is 14.4 Å². The summed E-state index contributed by atoms with van der Waals surface area (Å²) in [5.41, 5.74) is 2.09. The summed E-state index contributed by atoms with van der Waals surface area (Å²) in [5, 5.41) is 6.19. The van der Waals surface area contributed by atoms with Gasteiger partial charge in [-0.25, -0.2) is 0 Å². The summed E-state index contributed by atoms with van der Waals surface area (Å²) in [6.07, 6.45) is 0. The van der Waals surface area contributed by atoms with Crippen LogP contribution in [0.4, 0.5) is 0 Å². The number of fused-ring (bicyclic) bond motifs is 1. The first kappa shape index (κ1) is 22.6. The number of nitrogens with one attached hydrogen (secondary N) is 3. The van der Waals surface area contributed by atoms with E-state index in [1.807, 2.05) is 38.1 Å². The normalized spacial score (nSPS) is 15.0. The topological polar surface area (TPSA) is 117 Å². The number of morpholine rings is 1. The number of ether oxygens (including phenoxy) is 1. The van der Waals surface area contributed by atoms with Gasteiger partial charge >= 0.3 is 0 Å². The van der Waals surface area contributed by atoms with Gasteiger partial charge in [-0.2, -0.15) is 0 Å². The second-order valence-corrected chi connectivity index (χ2v) is 8.36. The van der Waals surface area contributed by atoms with E-state index in [2.05, 4.69) is 15.6 Å². The number of aromatic nitrogens is 1. The first-order valence-electron chi connectivity index (χ1n) is 11.0. The number of furan rings is 1. The molecule has 0 saturated carbocycles. The zero-order valence-electron chi connectivity index (χ0n) is 18.9. The molecule has 0 spiro atoms. The van der Waals surface area contributed by atoms with Crippen LogP contribution in [0.25, 0.3) is 22.2 Å². The van der Waals surface area contributed by atoms with Crippen LogP contribution in [0.1, 0.15) is 34.9 Å². The fourth-order valence-corrected chi connectivity index (χ4v) is 3.85. The van der Waals surface area contributed by atoms with Crippen LogP contribution < -0.4 is 10.6 Å². The number of nitrogens with zero attached hydrogens (tertiary/aromatic N) is 1. The maximum atomic E-state index is 12.8. The Morgan fingerprint density at radius 2 is 1.82 bits per heavy atom. The molecule has 4 rings (SSSR count). The van der Waals surface area contributed by atoms with Gasteiger partial charge in [0.2, 0.25) is 5.91 Å². The average Bonchev–Trinajstić information content (AvgIpc) is 3.49. The van der Waals surface area contributed by atoms with Gasteiger partial charge in [0.1, 0.15) is 17.5 Å². The molecular formula is C24H28N4O5. The number of amides is 3. The van der Waals surface area contributed by atoms with Crippen LogP contribution in [-0.4, -0.2) is 67.0 Å². The van der Waals surface area contributed by atoms with Crippen LogP contribution in [0.3, 0.4) is 0 Å². The lowest BCUT2D eigenvalue weighted by Gasteiger charge is -2.26. The van der Waals surface area contributed by atoms with Gasteiger partial charge in [-0.1, -0.05) is 26.0 Å². The second-order valence-electron chi connectivity index (χ2n) is 8.36. The van der Waals surface area contributed by atoms with Crippen molar-refractivity contribution in [1.82, 2.24) is 20.5 Å². The SMILES string of the molecule is CNC(=O)C(NC(=O)c1ccc(-c2ccc3cc(C(=O)N4CCOCC4)[nH]c3c2)o1)C(C)C. The Bertz CT molecular complexity index is 1170. The van der Waals surface area contributed by atoms with Crippen LogP contribution in [0.2, 0.25) is 0 Å². The monoisotopic (exact) mass is 452 g/mol. The first-order chi connectivity index (χ1) is 15.9. The predicted molar refractivity (Wildman–Crippen MR) is 123 cm³/mol. The van der Waals surface area contributed by atoms with E-state index in [9.17, 15) is 14.4 Å². The quantitative estimate of drug-likeness (QED) is 0.531. The van der Waals surface area contributed by atoms with E-state index >= 15 is 0 Å². The molecule has 3 heterocycles. The minimum absolute atomic E-state index is 0.0520. The molecule has 174 valence electrons. The van der Waals surface area contributed by atoms with Crippen LogP contribution in [-0.2, 0) is 9.53 Å². The number of aromatic amines is 1. The van der Waals surface area contributed by atoms with E-state index in [0.717, 1.165) is 16.5 Å². The predicted octanol–water partition coefficient (Wildman–Crippen LogP) is 2.40. The minimum atomic E-state index is -0.659. The van der Waals surface area contributed by atoms with E-state index < -0.39 is 11.9 Å². The Morgan fingerprint density at radius 3 is 2.52 bits per heavy atom. The third-order valence-corrected chi connectivity index (χ3v) is 5.75. The average molecular weight is 453 g/mol. The van der Waals surface area contributed by atoms with Gasteiger partial charge in [0.15, 0.2) is 5.76 Å². The van der Waals surface area contributed by atoms with Crippen LogP contribution in [0, 0.1) is 5.92 Å². The summed E-state index contributed by atoms with van der Waals surface area (Å²) in [4.78, 5) is 42.4. The molecule has 3 N–H and O–H groups in total. The summed E-state index contributed by atoms with van der Waals surface area (Å²) in [7, 11) is 1.53. The van der Waals surface area contributed by atoms with E-state index in [-0.39, 0.29) is 23.5 Å². The number of H-pyrrole nitrogens is 1. The summed E-state index contributed by atoms with van der Waals surface area (Å²) < 4.78 is 11.1. The molecule has 0 aliphatic carbocycles. The van der Waals surface area contributed by atoms with Crippen molar-refractivity contribution >= 4 is 28.6 Å². The summed E-state index contributed by atoms with van der Waals surface area (Å²) in [6.45, 7) is 5.97. The molecule has 1 aliphatic rings. The maximum absolute atomic E-state index is 12.8. The summed E-state index contributed by atoms with van der Waals surface area (Å²) in [6, 6.07) is 10.1. The molecule has 0 bridgehead atoms. The van der Waals surface area contributed by atoms with Gasteiger partial charge < -0.3 is 29.7 Å². The molecule has 1 saturated heterocycles. The number of likely N-dealkylation sites (N-methyl/N-ethyl adjacent to an activating group) is 1. The molecular weight excluding hydrogens is 424 g/mol. The number of hydrogen-bond donors (Lipinski definition) is 3. The second kappa shape index (κ2) is 9.50. The molecule has 3 aromatic rings. The van der Waals surface area contributed by atoms with Crippen molar-refractivity contribution in [3.05, 3.63) is 47.9 Å². The Kier molecular flexibility index (Phi) is 6.50. The van der Waals surface area contributed by atoms with Crippen molar-refractivity contribution in [2.75, 3.05) is 33.4 Å². The molecule has 3 amide bonds. The largest absolute Gasteiger partial charge is 0.451 e. The third kappa shape index (κ3) is 4.78. The van der Waals surface area contributed by atoms with E-state index in [1.54, 1.807) is 17.0 Å². The number of benzene rings is 1. The van der Waals surface area contributed by atoms with Crippen molar-refractivity contribution in [2.45, 2.75) is 19.9 Å². The van der Waals surface area contributed by atoms with Crippen molar-refractivity contribution in [2.24, 2.45) is 5.92 Å². The standard InChI is InChI=1S/C24H28N4O5/c1-14(2)21(23(30)25-3)27-22(29)20-7-6-19(33-20)16-5-4-15-12-18(26-17(15)13-16)24(31)28-8-10-32-11-9-28/h4-7,12-14,21,26H,8-11H2,1-3H3,(H,25,30)(H,27,29). The number of hydrogen-bond acceptors (Lipinski definition) is 5. The minimum Gasteiger partial charge on any atom is -0.451 e. The van der Waals surface area contributed by atoms with E-state index in [4.69, 9.17) is 9.15 Å². The zero-order valence-corrected chi connectivity index (χ0v) is 18.9. The van der Waals surface area contributed by atoms with Crippen molar-refractivity contribution in [1.29, 1.82) is 0 Å². The van der Waals surface area contributed by atoms with E-state index in [1.165, 1.54) is 7.05 Å². The molecule has 1 unspecified atom stereocenters. The van der Waals surface area contributed by atoms with Gasteiger partial charge in [-0.15, -0.1) is 0 Å². The molecule has 1 atom stereocenters. The Morgan fingerprint density at radius 1 is 1.06 bits per heavy atom. The molecule has 1 fully saturated rings. The van der Waals surface area contributed by atoms with Gasteiger partial charge in [0.05, 0.1) is 13.2 Å². The van der Waals surface area contributed by atoms with Gasteiger partial charge in [0.25, 0.3) is 11.8 Å². The highest BCUT2D eigenvalue weighted by Gasteiger charge is 2.25. The van der Waals surface area contributed by atoms with E-state index in [0.29, 0.717) is 37.8 Å². The van der Waals surface area contributed by atoms with Crippen molar-refractivity contribution < 1.29 is 23.5 Å². The Labute approximate surface area is 191 Å². The highest BCUT2D eigenvalue weighted by molar-refractivity contribution is 5.99. The fourth-order valence-electron chi connectivity index (χ4n) is 3.85. The van der Waals surface area contributed by atoms with Crippen LogP contribution in [0.15, 0.2) is 40.8 Å². The summed E-state index contributed by atoms with van der Waals surface area (Å²) in [5.74, 6) is -0.211. The molecule has 1 aliphatic heterocycles. The highest BCUT2D eigenvalue weighted by atomic mass is 16.5. The zero-order chi connectivity index (χ0) is 23.5. The molecule has 1 aromatic carbocycles. The van der Waals surface area contributed by atoms with Gasteiger partial charge in [-0.05, 0) is 30.2 Å². The van der Waals surface area contributed by atoms with Crippen molar-refractivity contribution in [3.8, 4) is 11.3 Å². The van der Waals surface area contributed by atoms with Gasteiger partial charge in [0, 0.05) is 36.6 Å². The Balaban J connectivity index is 1.52. The molecule has 0 radical (unpaired) electrons. The summed E-state index contributed by atoms with van der Waals surface area (Å²) >= 11 is 0. The molecule has 9 heteroatoms. The lowest BCUT2D eigenvalue weighted by molar-refractivity contribution is -0.123. The third-order valence-electron chi connectivity index (χ3n) is 5.75. The number of carbonyl (C=O) groups is 3.